The Labute approximate surface area is 141 Å². The Morgan fingerprint density at radius 3 is 2.96 bits per heavy atom. The molecule has 0 bridgehead atoms. The molecule has 0 saturated carbocycles. The lowest BCUT2D eigenvalue weighted by Crippen LogP contribution is -2.25. The molecule has 0 amide bonds. The molecule has 0 saturated heterocycles. The molecule has 0 unspecified atom stereocenters. The number of fused-ring (bicyclic) bond motifs is 1. The lowest BCUT2D eigenvalue weighted by molar-refractivity contribution is 0.517. The van der Waals surface area contributed by atoms with Crippen LogP contribution in [-0.4, -0.2) is 16.5 Å². The zero-order valence-corrected chi connectivity index (χ0v) is 13.7. The third-order valence-electron chi connectivity index (χ3n) is 4.23. The lowest BCUT2D eigenvalue weighted by atomic mass is 10.0. The molecule has 1 aromatic carbocycles. The Morgan fingerprint density at radius 2 is 2.08 bits per heavy atom. The van der Waals surface area contributed by atoms with Crippen molar-refractivity contribution >= 4 is 17.5 Å². The van der Waals surface area contributed by atoms with E-state index >= 15 is 0 Å². The van der Waals surface area contributed by atoms with Gasteiger partial charge in [0.1, 0.15) is 11.6 Å². The van der Waals surface area contributed by atoms with Crippen LogP contribution in [0.4, 0.5) is 17.5 Å². The van der Waals surface area contributed by atoms with Gasteiger partial charge in [0.2, 0.25) is 5.95 Å². The topological polar surface area (TPSA) is 54.2 Å². The first-order valence-electron chi connectivity index (χ1n) is 8.27. The molecule has 2 aromatic heterocycles. The van der Waals surface area contributed by atoms with Gasteiger partial charge in [0, 0.05) is 24.0 Å². The average Bonchev–Trinajstić information content (AvgIpc) is 3.12. The number of nitrogens with zero attached hydrogens (tertiary/aromatic N) is 3. The zero-order valence-electron chi connectivity index (χ0n) is 13.7. The van der Waals surface area contributed by atoms with E-state index in [1.807, 2.05) is 25.1 Å². The second kappa shape index (κ2) is 6.35. The monoisotopic (exact) mass is 320 g/mol. The Bertz CT molecular complexity index is 829. The Hall–Kier alpha value is -2.82. The molecule has 5 heteroatoms. The molecule has 1 aliphatic rings. The molecule has 0 aliphatic carbocycles. The summed E-state index contributed by atoms with van der Waals surface area (Å²) in [4.78, 5) is 11.5. The van der Waals surface area contributed by atoms with Crippen molar-refractivity contribution in [1.82, 2.24) is 9.97 Å². The molecular weight excluding hydrogens is 300 g/mol. The summed E-state index contributed by atoms with van der Waals surface area (Å²) >= 11 is 0. The molecule has 4 rings (SSSR count). The third-order valence-corrected chi connectivity index (χ3v) is 4.23. The van der Waals surface area contributed by atoms with E-state index in [-0.39, 0.29) is 0 Å². The van der Waals surface area contributed by atoms with Crippen LogP contribution in [0.3, 0.4) is 0 Å². The van der Waals surface area contributed by atoms with E-state index in [1.54, 1.807) is 6.26 Å². The van der Waals surface area contributed by atoms with Crippen LogP contribution in [0.1, 0.15) is 23.4 Å². The maximum atomic E-state index is 5.35. The van der Waals surface area contributed by atoms with E-state index in [0.29, 0.717) is 12.5 Å². The van der Waals surface area contributed by atoms with Crippen LogP contribution in [0.2, 0.25) is 0 Å². The normalized spacial score (nSPS) is 13.6. The van der Waals surface area contributed by atoms with Gasteiger partial charge in [-0.05, 0) is 43.5 Å². The van der Waals surface area contributed by atoms with Crippen LogP contribution in [0.15, 0.2) is 53.1 Å². The summed E-state index contributed by atoms with van der Waals surface area (Å²) in [6, 6.07) is 14.4. The van der Waals surface area contributed by atoms with Crippen molar-refractivity contribution in [2.75, 3.05) is 16.8 Å². The number of aromatic nitrogens is 2. The van der Waals surface area contributed by atoms with Crippen molar-refractivity contribution < 1.29 is 4.42 Å². The summed E-state index contributed by atoms with van der Waals surface area (Å²) in [6.45, 7) is 3.55. The first-order chi connectivity index (χ1) is 11.8. The van der Waals surface area contributed by atoms with Gasteiger partial charge < -0.3 is 14.6 Å². The van der Waals surface area contributed by atoms with Gasteiger partial charge in [0.25, 0.3) is 0 Å². The highest BCUT2D eigenvalue weighted by Gasteiger charge is 2.19. The van der Waals surface area contributed by atoms with Crippen LogP contribution >= 0.6 is 0 Å². The van der Waals surface area contributed by atoms with Crippen LogP contribution < -0.4 is 10.2 Å². The second-order valence-electron chi connectivity index (χ2n) is 6.01. The molecule has 24 heavy (non-hydrogen) atoms. The van der Waals surface area contributed by atoms with E-state index < -0.39 is 0 Å². The number of nitrogens with one attached hydrogen (secondary N) is 1. The minimum Gasteiger partial charge on any atom is -0.467 e. The van der Waals surface area contributed by atoms with E-state index in [1.165, 1.54) is 11.3 Å². The minimum atomic E-state index is 0.576. The molecule has 0 fully saturated rings. The van der Waals surface area contributed by atoms with Gasteiger partial charge in [-0.2, -0.15) is 4.98 Å². The third kappa shape index (κ3) is 2.97. The summed E-state index contributed by atoms with van der Waals surface area (Å²) in [5.74, 6) is 2.44. The molecule has 3 heterocycles. The van der Waals surface area contributed by atoms with Gasteiger partial charge in [-0.15, -0.1) is 0 Å². The highest BCUT2D eigenvalue weighted by molar-refractivity contribution is 5.66. The maximum absolute atomic E-state index is 5.35. The minimum absolute atomic E-state index is 0.576. The predicted octanol–water partition coefficient (Wildman–Crippen LogP) is 4.07. The molecule has 0 radical (unpaired) electrons. The first-order valence-corrected chi connectivity index (χ1v) is 8.27. The number of anilines is 3. The number of aryl methyl sites for hydroxylation is 2. The molecule has 3 aromatic rings. The van der Waals surface area contributed by atoms with Gasteiger partial charge in [-0.1, -0.05) is 18.2 Å². The number of hydrogen-bond donors (Lipinski definition) is 1. The van der Waals surface area contributed by atoms with Crippen LogP contribution in [0.25, 0.3) is 0 Å². The summed E-state index contributed by atoms with van der Waals surface area (Å²) in [7, 11) is 0. The number of benzene rings is 1. The molecule has 1 aliphatic heterocycles. The van der Waals surface area contributed by atoms with Crippen LogP contribution in [0, 0.1) is 6.92 Å². The molecular formula is C19H20N4O. The standard InChI is InChI=1S/C19H20N4O/c1-14-12-18(22-19(21-14)20-13-16-8-5-11-24-16)23-10-4-7-15-6-2-3-9-17(15)23/h2-3,5-6,8-9,11-12H,4,7,10,13H2,1H3,(H,20,21,22). The molecule has 5 nitrogen and oxygen atoms in total. The number of rotatable bonds is 4. The number of furan rings is 1. The zero-order chi connectivity index (χ0) is 16.4. The quantitative estimate of drug-likeness (QED) is 0.785. The van der Waals surface area contributed by atoms with Gasteiger partial charge in [0.15, 0.2) is 0 Å². The van der Waals surface area contributed by atoms with Crippen molar-refractivity contribution in [3.63, 3.8) is 0 Å². The Morgan fingerprint density at radius 1 is 1.17 bits per heavy atom. The van der Waals surface area contributed by atoms with E-state index in [0.717, 1.165) is 36.7 Å². The fraction of sp³-hybridized carbons (Fsp3) is 0.263. The van der Waals surface area contributed by atoms with Crippen LogP contribution in [-0.2, 0) is 13.0 Å². The fourth-order valence-electron chi connectivity index (χ4n) is 3.12. The highest BCUT2D eigenvalue weighted by atomic mass is 16.3. The van der Waals surface area contributed by atoms with E-state index in [9.17, 15) is 0 Å². The summed E-state index contributed by atoms with van der Waals surface area (Å²) in [5, 5.41) is 3.25. The van der Waals surface area contributed by atoms with Crippen molar-refractivity contribution in [3.05, 3.63) is 65.7 Å². The van der Waals surface area contributed by atoms with Gasteiger partial charge in [-0.3, -0.25) is 0 Å². The van der Waals surface area contributed by atoms with Crippen LogP contribution in [0.5, 0.6) is 0 Å². The number of para-hydroxylation sites is 1. The summed E-state index contributed by atoms with van der Waals surface area (Å²) < 4.78 is 5.35. The average molecular weight is 320 g/mol. The molecule has 1 N–H and O–H groups in total. The van der Waals surface area contributed by atoms with Gasteiger partial charge in [-0.25, -0.2) is 4.98 Å². The van der Waals surface area contributed by atoms with Gasteiger partial charge in [0.05, 0.1) is 12.8 Å². The second-order valence-corrected chi connectivity index (χ2v) is 6.01. The van der Waals surface area contributed by atoms with Crippen molar-refractivity contribution in [2.45, 2.75) is 26.3 Å². The van der Waals surface area contributed by atoms with Crippen molar-refractivity contribution in [2.24, 2.45) is 0 Å². The molecule has 122 valence electrons. The van der Waals surface area contributed by atoms with E-state index in [4.69, 9.17) is 9.40 Å². The highest BCUT2D eigenvalue weighted by Crippen LogP contribution is 2.32. The van der Waals surface area contributed by atoms with Gasteiger partial charge >= 0.3 is 0 Å². The Balaban J connectivity index is 1.62. The largest absolute Gasteiger partial charge is 0.467 e. The molecule has 0 spiro atoms. The maximum Gasteiger partial charge on any atom is 0.225 e. The summed E-state index contributed by atoms with van der Waals surface area (Å²) in [6.07, 6.45) is 3.93. The van der Waals surface area contributed by atoms with Crippen molar-refractivity contribution in [1.29, 1.82) is 0 Å². The number of hydrogen-bond acceptors (Lipinski definition) is 5. The predicted molar refractivity (Wildman–Crippen MR) is 94.6 cm³/mol. The fourth-order valence-corrected chi connectivity index (χ4v) is 3.12. The van der Waals surface area contributed by atoms with Crippen molar-refractivity contribution in [3.8, 4) is 0 Å². The first kappa shape index (κ1) is 14.8. The molecule has 0 atom stereocenters. The Kier molecular flexibility index (Phi) is 3.91. The lowest BCUT2D eigenvalue weighted by Gasteiger charge is -2.30. The summed E-state index contributed by atoms with van der Waals surface area (Å²) in [5.41, 5.74) is 3.58. The SMILES string of the molecule is Cc1cc(N2CCCc3ccccc32)nc(NCc2ccco2)n1. The smallest absolute Gasteiger partial charge is 0.225 e. The van der Waals surface area contributed by atoms with E-state index in [2.05, 4.69) is 39.5 Å².